The number of thiazole rings is 1. The minimum atomic E-state index is -0.336. The third kappa shape index (κ3) is 3.53. The summed E-state index contributed by atoms with van der Waals surface area (Å²) in [7, 11) is 0. The van der Waals surface area contributed by atoms with Gasteiger partial charge in [-0.05, 0) is 24.3 Å². The van der Waals surface area contributed by atoms with Gasteiger partial charge in [-0.1, -0.05) is 41.7 Å². The molecule has 0 atom stereocenters. The number of rotatable bonds is 3. The van der Waals surface area contributed by atoms with Gasteiger partial charge in [-0.3, -0.25) is 4.79 Å². The number of hydrogen-bond acceptors (Lipinski definition) is 5. The second-order valence-corrected chi connectivity index (χ2v) is 8.06. The van der Waals surface area contributed by atoms with Crippen molar-refractivity contribution in [2.75, 3.05) is 13.1 Å². The van der Waals surface area contributed by atoms with Crippen LogP contribution < -0.4 is 4.74 Å². The van der Waals surface area contributed by atoms with E-state index in [-0.39, 0.29) is 17.8 Å². The summed E-state index contributed by atoms with van der Waals surface area (Å²) < 4.78 is 20.6. The van der Waals surface area contributed by atoms with Crippen LogP contribution in [-0.2, 0) is 0 Å². The molecule has 7 heteroatoms. The third-order valence-corrected chi connectivity index (χ3v) is 6.08. The minimum Gasteiger partial charge on any atom is -0.467 e. The maximum absolute atomic E-state index is 13.8. The molecule has 0 unspecified atom stereocenters. The molecule has 1 aliphatic rings. The summed E-state index contributed by atoms with van der Waals surface area (Å²) in [4.78, 5) is 23.4. The summed E-state index contributed by atoms with van der Waals surface area (Å²) in [5, 5.41) is 1.49. The predicted molar refractivity (Wildman–Crippen MR) is 111 cm³/mol. The Morgan fingerprint density at radius 2 is 1.86 bits per heavy atom. The molecule has 5 rings (SSSR count). The third-order valence-electron chi connectivity index (χ3n) is 5.16. The molecule has 0 saturated carbocycles. The first-order valence-corrected chi connectivity index (χ1v) is 10.4. The lowest BCUT2D eigenvalue weighted by molar-refractivity contribution is 0.0590. The number of ether oxygens (including phenoxy) is 1. The normalized spacial score (nSPS) is 15.1. The molecule has 5 nitrogen and oxygen atoms in total. The van der Waals surface area contributed by atoms with Crippen molar-refractivity contribution in [1.82, 2.24) is 14.9 Å². The average molecular weight is 407 g/mol. The van der Waals surface area contributed by atoms with Gasteiger partial charge >= 0.3 is 0 Å². The van der Waals surface area contributed by atoms with Gasteiger partial charge in [-0.25, -0.2) is 9.37 Å². The van der Waals surface area contributed by atoms with Crippen LogP contribution in [0.2, 0.25) is 0 Å². The highest BCUT2D eigenvalue weighted by molar-refractivity contribution is 7.20. The molecule has 0 radical (unpaired) electrons. The topological polar surface area (TPSA) is 55.3 Å². The van der Waals surface area contributed by atoms with E-state index in [2.05, 4.69) is 9.97 Å². The van der Waals surface area contributed by atoms with Crippen LogP contribution in [0, 0.1) is 5.82 Å². The van der Waals surface area contributed by atoms with Crippen LogP contribution in [0.1, 0.15) is 23.3 Å². The summed E-state index contributed by atoms with van der Waals surface area (Å²) in [6, 6.07) is 16.4. The van der Waals surface area contributed by atoms with E-state index in [1.54, 1.807) is 12.1 Å². The Morgan fingerprint density at radius 1 is 1.03 bits per heavy atom. The van der Waals surface area contributed by atoms with Gasteiger partial charge in [0.05, 0.1) is 10.2 Å². The lowest BCUT2D eigenvalue weighted by Crippen LogP contribution is -2.42. The first kappa shape index (κ1) is 18.0. The van der Waals surface area contributed by atoms with Crippen LogP contribution in [0.15, 0.2) is 54.6 Å². The summed E-state index contributed by atoms with van der Waals surface area (Å²) in [5.41, 5.74) is 1.63. The molecule has 146 valence electrons. The SMILES string of the molecule is O=C(c1ccc2ccccc2n1)N1CCC(Oc2nc3c(F)cccc3s2)CC1. The fraction of sp³-hybridized carbons (Fsp3) is 0.227. The predicted octanol–water partition coefficient (Wildman–Crippen LogP) is 4.67. The Morgan fingerprint density at radius 3 is 2.69 bits per heavy atom. The fourth-order valence-corrected chi connectivity index (χ4v) is 4.51. The number of carbonyl (C=O) groups is 1. The lowest BCUT2D eigenvalue weighted by Gasteiger charge is -2.31. The number of aromatic nitrogens is 2. The molecule has 0 bridgehead atoms. The first-order valence-electron chi connectivity index (χ1n) is 9.54. The molecule has 2 aromatic carbocycles. The van der Waals surface area contributed by atoms with Gasteiger partial charge in [-0.2, -0.15) is 4.98 Å². The number of likely N-dealkylation sites (tertiary alicyclic amines) is 1. The minimum absolute atomic E-state index is 0.0350. The van der Waals surface area contributed by atoms with Gasteiger partial charge in [0.2, 0.25) is 0 Å². The maximum Gasteiger partial charge on any atom is 0.274 e. The smallest absolute Gasteiger partial charge is 0.274 e. The van der Waals surface area contributed by atoms with E-state index < -0.39 is 0 Å². The molecule has 0 spiro atoms. The van der Waals surface area contributed by atoms with E-state index in [0.717, 1.165) is 15.6 Å². The molecule has 29 heavy (non-hydrogen) atoms. The van der Waals surface area contributed by atoms with Gasteiger partial charge in [0.1, 0.15) is 23.1 Å². The van der Waals surface area contributed by atoms with Crippen molar-refractivity contribution in [3.8, 4) is 5.19 Å². The lowest BCUT2D eigenvalue weighted by atomic mass is 10.1. The number of nitrogens with zero attached hydrogens (tertiary/aromatic N) is 3. The van der Waals surface area contributed by atoms with Crippen molar-refractivity contribution < 1.29 is 13.9 Å². The monoisotopic (exact) mass is 407 g/mol. The number of fused-ring (bicyclic) bond motifs is 2. The number of halogens is 1. The number of hydrogen-bond donors (Lipinski definition) is 0. The zero-order valence-corrected chi connectivity index (χ0v) is 16.4. The number of piperidine rings is 1. The number of para-hydroxylation sites is 2. The van der Waals surface area contributed by atoms with Crippen molar-refractivity contribution in [1.29, 1.82) is 0 Å². The molecule has 1 amide bonds. The molecule has 4 aromatic rings. The van der Waals surface area contributed by atoms with Gasteiger partial charge in [0, 0.05) is 31.3 Å². The van der Waals surface area contributed by atoms with E-state index in [0.29, 0.717) is 42.3 Å². The maximum atomic E-state index is 13.8. The zero-order chi connectivity index (χ0) is 19.8. The van der Waals surface area contributed by atoms with Crippen LogP contribution in [-0.4, -0.2) is 40.0 Å². The molecular weight excluding hydrogens is 389 g/mol. The quantitative estimate of drug-likeness (QED) is 0.495. The molecule has 3 heterocycles. The van der Waals surface area contributed by atoms with Crippen LogP contribution in [0.5, 0.6) is 5.19 Å². The fourth-order valence-electron chi connectivity index (χ4n) is 3.61. The van der Waals surface area contributed by atoms with Gasteiger partial charge in [0.25, 0.3) is 11.1 Å². The summed E-state index contributed by atoms with van der Waals surface area (Å²) in [5.74, 6) is -0.395. The van der Waals surface area contributed by atoms with Crippen molar-refractivity contribution in [2.45, 2.75) is 18.9 Å². The molecule has 1 aliphatic heterocycles. The summed E-state index contributed by atoms with van der Waals surface area (Å²) in [6.45, 7) is 1.19. The van der Waals surface area contributed by atoms with Crippen molar-refractivity contribution >= 4 is 38.4 Å². The summed E-state index contributed by atoms with van der Waals surface area (Å²) in [6.07, 6.45) is 1.38. The highest BCUT2D eigenvalue weighted by Crippen LogP contribution is 2.31. The van der Waals surface area contributed by atoms with Gasteiger partial charge < -0.3 is 9.64 Å². The highest BCUT2D eigenvalue weighted by atomic mass is 32.1. The first-order chi connectivity index (χ1) is 14.2. The van der Waals surface area contributed by atoms with E-state index in [9.17, 15) is 9.18 Å². The highest BCUT2D eigenvalue weighted by Gasteiger charge is 2.26. The number of pyridine rings is 1. The zero-order valence-electron chi connectivity index (χ0n) is 15.5. The van der Waals surface area contributed by atoms with Gasteiger partial charge in [0.15, 0.2) is 0 Å². The van der Waals surface area contributed by atoms with Gasteiger partial charge in [-0.15, -0.1) is 0 Å². The van der Waals surface area contributed by atoms with E-state index >= 15 is 0 Å². The van der Waals surface area contributed by atoms with Crippen LogP contribution in [0.3, 0.4) is 0 Å². The molecule has 0 aliphatic carbocycles. The Hall–Kier alpha value is -3.06. The van der Waals surface area contributed by atoms with E-state index in [4.69, 9.17) is 4.74 Å². The van der Waals surface area contributed by atoms with Crippen LogP contribution >= 0.6 is 11.3 Å². The number of carbonyl (C=O) groups excluding carboxylic acids is 1. The second kappa shape index (κ2) is 7.40. The molecule has 1 saturated heterocycles. The van der Waals surface area contributed by atoms with Crippen LogP contribution in [0.25, 0.3) is 21.1 Å². The van der Waals surface area contributed by atoms with E-state index in [1.807, 2.05) is 41.3 Å². The Labute approximate surface area is 170 Å². The summed E-state index contributed by atoms with van der Waals surface area (Å²) >= 11 is 1.35. The van der Waals surface area contributed by atoms with Crippen LogP contribution in [0.4, 0.5) is 4.39 Å². The molecule has 1 fully saturated rings. The molecule has 0 N–H and O–H groups in total. The average Bonchev–Trinajstić information content (AvgIpc) is 3.17. The van der Waals surface area contributed by atoms with Crippen molar-refractivity contribution in [3.05, 3.63) is 66.1 Å². The number of amides is 1. The van der Waals surface area contributed by atoms with E-state index in [1.165, 1.54) is 17.4 Å². The van der Waals surface area contributed by atoms with Crippen molar-refractivity contribution in [3.63, 3.8) is 0 Å². The Balaban J connectivity index is 1.24. The van der Waals surface area contributed by atoms with Crippen molar-refractivity contribution in [2.24, 2.45) is 0 Å². The second-order valence-electron chi connectivity index (χ2n) is 7.06. The standard InChI is InChI=1S/C22H18FN3O2S/c23-16-5-3-7-19-20(16)25-22(29-19)28-15-10-12-26(13-11-15)21(27)18-9-8-14-4-1-2-6-17(14)24-18/h1-9,15H,10-13H2. The number of benzene rings is 2. The Bertz CT molecular complexity index is 1200. The Kier molecular flexibility index (Phi) is 4.60. The largest absolute Gasteiger partial charge is 0.467 e. The molecular formula is C22H18FN3O2S. The molecule has 2 aromatic heterocycles.